The fourth-order valence-electron chi connectivity index (χ4n) is 3.27. The van der Waals surface area contributed by atoms with E-state index in [1.54, 1.807) is 30.3 Å². The van der Waals surface area contributed by atoms with Gasteiger partial charge in [0.05, 0.1) is 20.4 Å². The number of ether oxygens (including phenoxy) is 2. The van der Waals surface area contributed by atoms with Crippen LogP contribution < -0.4 is 9.47 Å². The van der Waals surface area contributed by atoms with Gasteiger partial charge in [0.25, 0.3) is 11.1 Å². The van der Waals surface area contributed by atoms with Gasteiger partial charge in [-0.25, -0.2) is 0 Å². The van der Waals surface area contributed by atoms with Crippen molar-refractivity contribution in [2.75, 3.05) is 13.2 Å². The summed E-state index contributed by atoms with van der Waals surface area (Å²) in [6, 6.07) is 18.8. The van der Waals surface area contributed by atoms with Crippen LogP contribution in [-0.4, -0.2) is 29.2 Å². The van der Waals surface area contributed by atoms with Gasteiger partial charge in [0.15, 0.2) is 0 Å². The van der Waals surface area contributed by atoms with Gasteiger partial charge >= 0.3 is 0 Å². The quantitative estimate of drug-likeness (QED) is 0.236. The molecule has 1 aliphatic heterocycles. The molecule has 1 saturated heterocycles. The summed E-state index contributed by atoms with van der Waals surface area (Å²) >= 11 is 13.9. The van der Waals surface area contributed by atoms with Crippen molar-refractivity contribution in [1.29, 1.82) is 0 Å². The average Bonchev–Trinajstić information content (AvgIpc) is 3.08. The summed E-state index contributed by atoms with van der Waals surface area (Å²) in [5.41, 5.74) is 3.01. The normalized spacial score (nSPS) is 14.6. The maximum Gasteiger partial charge on any atom is 0.293 e. The number of halogens is 3. The van der Waals surface area contributed by atoms with Crippen molar-refractivity contribution in [3.8, 4) is 11.5 Å². The van der Waals surface area contributed by atoms with Crippen LogP contribution in [0.4, 0.5) is 4.79 Å². The molecule has 0 bridgehead atoms. The number of benzene rings is 3. The van der Waals surface area contributed by atoms with Crippen LogP contribution in [0.25, 0.3) is 6.08 Å². The van der Waals surface area contributed by atoms with Crippen LogP contribution in [0.5, 0.6) is 11.5 Å². The number of nitrogens with zero attached hydrogens (tertiary/aromatic N) is 1. The van der Waals surface area contributed by atoms with Crippen LogP contribution in [0.15, 0.2) is 74.5 Å². The molecule has 3 aromatic carbocycles. The molecule has 4 rings (SSSR count). The Morgan fingerprint density at radius 2 is 1.63 bits per heavy atom. The molecule has 0 spiro atoms. The van der Waals surface area contributed by atoms with Gasteiger partial charge in [0.1, 0.15) is 24.7 Å². The smallest absolute Gasteiger partial charge is 0.293 e. The summed E-state index contributed by atoms with van der Waals surface area (Å²) in [5.74, 6) is 0.943. The second kappa shape index (κ2) is 11.6. The Labute approximate surface area is 229 Å². The molecule has 9 heteroatoms. The molecule has 0 aromatic heterocycles. The van der Waals surface area contributed by atoms with Crippen molar-refractivity contribution in [2.24, 2.45) is 0 Å². The fraction of sp³-hybridized carbons (Fsp3) is 0.154. The molecule has 0 saturated carbocycles. The van der Waals surface area contributed by atoms with Crippen LogP contribution in [0.2, 0.25) is 5.02 Å². The van der Waals surface area contributed by atoms with E-state index in [0.29, 0.717) is 28.0 Å². The zero-order valence-corrected chi connectivity index (χ0v) is 23.3. The van der Waals surface area contributed by atoms with Crippen LogP contribution in [0.1, 0.15) is 16.7 Å². The monoisotopic (exact) mass is 635 g/mol. The third kappa shape index (κ3) is 6.70. The molecule has 0 unspecified atom stereocenters. The molecule has 0 N–H and O–H groups in total. The largest absolute Gasteiger partial charge is 0.492 e. The van der Waals surface area contributed by atoms with Gasteiger partial charge in [0, 0.05) is 5.02 Å². The SMILES string of the molecule is Cc1ccc(COc2c(Br)cc(/C=C3\SC(=O)N(CCOc4ccc(Cl)cc4)C3=O)cc2Br)cc1. The van der Waals surface area contributed by atoms with E-state index in [2.05, 4.69) is 31.9 Å². The number of thioether (sulfide) groups is 1. The molecule has 0 aliphatic carbocycles. The molecule has 180 valence electrons. The third-order valence-electron chi connectivity index (χ3n) is 5.09. The van der Waals surface area contributed by atoms with Gasteiger partial charge in [-0.15, -0.1) is 0 Å². The van der Waals surface area contributed by atoms with Gasteiger partial charge in [-0.2, -0.15) is 0 Å². The highest BCUT2D eigenvalue weighted by atomic mass is 79.9. The fourth-order valence-corrected chi connectivity index (χ4v) is 5.71. The summed E-state index contributed by atoms with van der Waals surface area (Å²) in [5, 5.41) is 0.287. The third-order valence-corrected chi connectivity index (χ3v) is 7.43. The van der Waals surface area contributed by atoms with Gasteiger partial charge in [0.2, 0.25) is 0 Å². The van der Waals surface area contributed by atoms with Crippen molar-refractivity contribution >= 4 is 72.4 Å². The van der Waals surface area contributed by atoms with Crippen molar-refractivity contribution in [3.63, 3.8) is 0 Å². The molecule has 5 nitrogen and oxygen atoms in total. The topological polar surface area (TPSA) is 55.8 Å². The number of imide groups is 1. The molecule has 1 heterocycles. The van der Waals surface area contributed by atoms with Crippen LogP contribution in [-0.2, 0) is 11.4 Å². The highest BCUT2D eigenvalue weighted by molar-refractivity contribution is 9.11. The lowest BCUT2D eigenvalue weighted by molar-refractivity contribution is -0.123. The van der Waals surface area contributed by atoms with E-state index >= 15 is 0 Å². The number of carbonyl (C=O) groups is 2. The Hall–Kier alpha value is -2.26. The first kappa shape index (κ1) is 25.8. The number of aryl methyl sites for hydroxylation is 1. The van der Waals surface area contributed by atoms with Gasteiger partial charge in [-0.05, 0) is 104 Å². The Balaban J connectivity index is 1.40. The standard InChI is InChI=1S/C26H20Br2ClNO4S/c1-16-2-4-17(5-3-16)15-34-24-21(27)12-18(13-22(24)28)14-23-25(31)30(26(32)35-23)10-11-33-20-8-6-19(29)7-9-20/h2-9,12-14H,10-11,15H2,1H3/b23-14-. The molecule has 3 aromatic rings. The van der Waals surface area contributed by atoms with E-state index < -0.39 is 0 Å². The van der Waals surface area contributed by atoms with Crippen LogP contribution in [0.3, 0.4) is 0 Å². The van der Waals surface area contributed by atoms with Gasteiger partial charge < -0.3 is 9.47 Å². The lowest BCUT2D eigenvalue weighted by Crippen LogP contribution is -2.32. The highest BCUT2D eigenvalue weighted by Crippen LogP contribution is 2.38. The number of rotatable bonds is 8. The van der Waals surface area contributed by atoms with Gasteiger partial charge in [-0.1, -0.05) is 41.4 Å². The summed E-state index contributed by atoms with van der Waals surface area (Å²) in [6.45, 7) is 2.81. The summed E-state index contributed by atoms with van der Waals surface area (Å²) in [7, 11) is 0. The maximum atomic E-state index is 12.8. The molecule has 0 atom stereocenters. The van der Waals surface area contributed by atoms with E-state index in [4.69, 9.17) is 21.1 Å². The lowest BCUT2D eigenvalue weighted by atomic mass is 10.1. The number of hydrogen-bond donors (Lipinski definition) is 0. The molecule has 35 heavy (non-hydrogen) atoms. The van der Waals surface area contributed by atoms with E-state index in [1.165, 1.54) is 10.5 Å². The molecule has 0 radical (unpaired) electrons. The zero-order valence-electron chi connectivity index (χ0n) is 18.6. The minimum Gasteiger partial charge on any atom is -0.492 e. The molecular weight excluding hydrogens is 618 g/mol. The predicted octanol–water partition coefficient (Wildman–Crippen LogP) is 7.87. The Morgan fingerprint density at radius 1 is 0.971 bits per heavy atom. The first-order chi connectivity index (χ1) is 16.8. The minimum atomic E-state index is -0.341. The molecular formula is C26H20Br2ClNO4S. The highest BCUT2D eigenvalue weighted by Gasteiger charge is 2.34. The maximum absolute atomic E-state index is 12.8. The number of carbonyl (C=O) groups excluding carboxylic acids is 2. The molecule has 1 fully saturated rings. The second-order valence-electron chi connectivity index (χ2n) is 7.72. The minimum absolute atomic E-state index is 0.157. The van der Waals surface area contributed by atoms with E-state index in [0.717, 1.165) is 31.8 Å². The number of amides is 2. The molecule has 1 aliphatic rings. The summed E-state index contributed by atoms with van der Waals surface area (Å²) < 4.78 is 13.1. The Bertz CT molecular complexity index is 1260. The molecule has 2 amide bonds. The van der Waals surface area contributed by atoms with Crippen molar-refractivity contribution in [2.45, 2.75) is 13.5 Å². The second-order valence-corrected chi connectivity index (χ2v) is 10.9. The number of hydrogen-bond acceptors (Lipinski definition) is 5. The zero-order chi connectivity index (χ0) is 24.9. The first-order valence-electron chi connectivity index (χ1n) is 10.6. The van der Waals surface area contributed by atoms with Crippen LogP contribution in [0, 0.1) is 6.92 Å². The Morgan fingerprint density at radius 3 is 2.29 bits per heavy atom. The van der Waals surface area contributed by atoms with Gasteiger partial charge in [-0.3, -0.25) is 14.5 Å². The van der Waals surface area contributed by atoms with Crippen molar-refractivity contribution in [3.05, 3.63) is 96.2 Å². The van der Waals surface area contributed by atoms with Crippen molar-refractivity contribution < 1.29 is 19.1 Å². The van der Waals surface area contributed by atoms with E-state index in [1.807, 2.05) is 43.3 Å². The van der Waals surface area contributed by atoms with E-state index in [-0.39, 0.29) is 24.3 Å². The first-order valence-corrected chi connectivity index (χ1v) is 13.4. The lowest BCUT2D eigenvalue weighted by Gasteiger charge is -2.13. The predicted molar refractivity (Wildman–Crippen MR) is 147 cm³/mol. The Kier molecular flexibility index (Phi) is 8.59. The summed E-state index contributed by atoms with van der Waals surface area (Å²) in [6.07, 6.45) is 1.70. The van der Waals surface area contributed by atoms with E-state index in [9.17, 15) is 9.59 Å². The van der Waals surface area contributed by atoms with Crippen LogP contribution >= 0.6 is 55.2 Å². The average molecular weight is 638 g/mol. The van der Waals surface area contributed by atoms with Crippen molar-refractivity contribution in [1.82, 2.24) is 4.90 Å². The summed E-state index contributed by atoms with van der Waals surface area (Å²) in [4.78, 5) is 26.8.